The Kier molecular flexibility index (Phi) is 4.61. The summed E-state index contributed by atoms with van der Waals surface area (Å²) in [6, 6.07) is 7.45. The molecule has 0 aliphatic heterocycles. The van der Waals surface area contributed by atoms with Crippen molar-refractivity contribution in [2.24, 2.45) is 0 Å². The van der Waals surface area contributed by atoms with Gasteiger partial charge in [-0.15, -0.1) is 0 Å². The molecule has 1 N–H and O–H groups in total. The average Bonchev–Trinajstić information content (AvgIpc) is 2.49. The van der Waals surface area contributed by atoms with Crippen molar-refractivity contribution in [1.29, 1.82) is 0 Å². The number of anilines is 1. The fraction of sp³-hybridized carbons (Fsp3) is 0.200. The van der Waals surface area contributed by atoms with E-state index < -0.39 is 0 Å². The van der Waals surface area contributed by atoms with E-state index in [2.05, 4.69) is 15.3 Å². The van der Waals surface area contributed by atoms with Crippen molar-refractivity contribution in [3.8, 4) is 0 Å². The SMILES string of the molecule is Cc1ccc(NC(=O)CN(C)C(=O)c2cnccn2)cc1. The van der Waals surface area contributed by atoms with Gasteiger partial charge in [-0.25, -0.2) is 4.98 Å². The highest BCUT2D eigenvalue weighted by Crippen LogP contribution is 2.08. The molecular weight excluding hydrogens is 268 g/mol. The Morgan fingerprint density at radius 2 is 1.90 bits per heavy atom. The molecule has 108 valence electrons. The van der Waals surface area contributed by atoms with Crippen molar-refractivity contribution in [2.45, 2.75) is 6.92 Å². The molecule has 0 aliphatic rings. The standard InChI is InChI=1S/C15H16N4O2/c1-11-3-5-12(6-4-11)18-14(20)10-19(2)15(21)13-9-16-7-8-17-13/h3-9H,10H2,1-2H3,(H,18,20). The van der Waals surface area contributed by atoms with Gasteiger partial charge in [0, 0.05) is 25.1 Å². The smallest absolute Gasteiger partial charge is 0.274 e. The van der Waals surface area contributed by atoms with Crippen LogP contribution in [0.25, 0.3) is 0 Å². The van der Waals surface area contributed by atoms with E-state index in [1.807, 2.05) is 31.2 Å². The lowest BCUT2D eigenvalue weighted by atomic mass is 10.2. The van der Waals surface area contributed by atoms with Crippen molar-refractivity contribution >= 4 is 17.5 Å². The van der Waals surface area contributed by atoms with E-state index in [4.69, 9.17) is 0 Å². The van der Waals surface area contributed by atoms with Crippen LogP contribution in [-0.2, 0) is 4.79 Å². The number of hydrogen-bond donors (Lipinski definition) is 1. The van der Waals surface area contributed by atoms with Gasteiger partial charge in [-0.2, -0.15) is 0 Å². The number of carbonyl (C=O) groups is 2. The monoisotopic (exact) mass is 284 g/mol. The van der Waals surface area contributed by atoms with Crippen LogP contribution >= 0.6 is 0 Å². The molecule has 1 heterocycles. The summed E-state index contributed by atoms with van der Waals surface area (Å²) in [6.07, 6.45) is 4.30. The summed E-state index contributed by atoms with van der Waals surface area (Å²) in [5, 5.41) is 2.74. The highest BCUT2D eigenvalue weighted by molar-refractivity contribution is 5.98. The first-order chi connectivity index (χ1) is 10.1. The van der Waals surface area contributed by atoms with E-state index in [0.717, 1.165) is 5.56 Å². The Labute approximate surface area is 122 Å². The van der Waals surface area contributed by atoms with Gasteiger partial charge in [0.25, 0.3) is 5.91 Å². The van der Waals surface area contributed by atoms with Gasteiger partial charge in [0.2, 0.25) is 5.91 Å². The molecule has 21 heavy (non-hydrogen) atoms. The van der Waals surface area contributed by atoms with Gasteiger partial charge in [-0.3, -0.25) is 14.6 Å². The fourth-order valence-electron chi connectivity index (χ4n) is 1.73. The third-order valence-electron chi connectivity index (χ3n) is 2.85. The fourth-order valence-corrected chi connectivity index (χ4v) is 1.73. The van der Waals surface area contributed by atoms with Crippen molar-refractivity contribution in [3.05, 3.63) is 54.1 Å². The van der Waals surface area contributed by atoms with Crippen LogP contribution in [0.5, 0.6) is 0 Å². The van der Waals surface area contributed by atoms with E-state index in [1.165, 1.54) is 23.5 Å². The molecule has 2 amide bonds. The van der Waals surface area contributed by atoms with Crippen molar-refractivity contribution in [1.82, 2.24) is 14.9 Å². The highest BCUT2D eigenvalue weighted by atomic mass is 16.2. The zero-order valence-electron chi connectivity index (χ0n) is 11.9. The molecule has 0 fully saturated rings. The molecule has 6 heteroatoms. The number of carbonyl (C=O) groups excluding carboxylic acids is 2. The maximum atomic E-state index is 12.0. The quantitative estimate of drug-likeness (QED) is 0.923. The Balaban J connectivity index is 1.93. The van der Waals surface area contributed by atoms with Gasteiger partial charge in [0.15, 0.2) is 0 Å². The third kappa shape index (κ3) is 4.10. The largest absolute Gasteiger partial charge is 0.331 e. The lowest BCUT2D eigenvalue weighted by Crippen LogP contribution is -2.35. The number of aromatic nitrogens is 2. The van der Waals surface area contributed by atoms with Crippen molar-refractivity contribution < 1.29 is 9.59 Å². The van der Waals surface area contributed by atoms with Crippen LogP contribution < -0.4 is 5.32 Å². The van der Waals surface area contributed by atoms with E-state index in [9.17, 15) is 9.59 Å². The second-order valence-corrected chi connectivity index (χ2v) is 4.67. The first-order valence-corrected chi connectivity index (χ1v) is 6.44. The Hall–Kier alpha value is -2.76. The van der Waals surface area contributed by atoms with Gasteiger partial charge in [-0.1, -0.05) is 17.7 Å². The van der Waals surface area contributed by atoms with E-state index in [0.29, 0.717) is 5.69 Å². The molecule has 6 nitrogen and oxygen atoms in total. The van der Waals surface area contributed by atoms with Gasteiger partial charge < -0.3 is 10.2 Å². The maximum Gasteiger partial charge on any atom is 0.274 e. The molecule has 1 aromatic carbocycles. The van der Waals surface area contributed by atoms with Crippen LogP contribution in [0.2, 0.25) is 0 Å². The summed E-state index contributed by atoms with van der Waals surface area (Å²) >= 11 is 0. The third-order valence-corrected chi connectivity index (χ3v) is 2.85. The predicted molar refractivity (Wildman–Crippen MR) is 78.8 cm³/mol. The van der Waals surface area contributed by atoms with Crippen molar-refractivity contribution in [2.75, 3.05) is 18.9 Å². The van der Waals surface area contributed by atoms with Crippen LogP contribution in [0.3, 0.4) is 0 Å². The minimum absolute atomic E-state index is 0.0523. The lowest BCUT2D eigenvalue weighted by Gasteiger charge is -2.16. The zero-order valence-corrected chi connectivity index (χ0v) is 11.9. The zero-order chi connectivity index (χ0) is 15.2. The first-order valence-electron chi connectivity index (χ1n) is 6.44. The molecule has 2 rings (SSSR count). The molecule has 0 unspecified atom stereocenters. The van der Waals surface area contributed by atoms with Crippen molar-refractivity contribution in [3.63, 3.8) is 0 Å². The Bertz CT molecular complexity index is 626. The van der Waals surface area contributed by atoms with Gasteiger partial charge in [0.1, 0.15) is 5.69 Å². The number of rotatable bonds is 4. The maximum absolute atomic E-state index is 12.0. The van der Waals surface area contributed by atoms with Crippen LogP contribution in [0.4, 0.5) is 5.69 Å². The summed E-state index contributed by atoms with van der Waals surface area (Å²) < 4.78 is 0. The number of benzene rings is 1. The summed E-state index contributed by atoms with van der Waals surface area (Å²) in [6.45, 7) is 1.92. The number of aryl methyl sites for hydroxylation is 1. The summed E-state index contributed by atoms with van der Waals surface area (Å²) in [4.78, 5) is 33.0. The molecular formula is C15H16N4O2. The highest BCUT2D eigenvalue weighted by Gasteiger charge is 2.16. The molecule has 0 bridgehead atoms. The molecule has 0 radical (unpaired) electrons. The Morgan fingerprint density at radius 3 is 2.52 bits per heavy atom. The topological polar surface area (TPSA) is 75.2 Å². The number of nitrogens with zero attached hydrogens (tertiary/aromatic N) is 3. The molecule has 0 saturated carbocycles. The minimum atomic E-state index is -0.345. The van der Waals surface area contributed by atoms with E-state index in [-0.39, 0.29) is 24.1 Å². The first kappa shape index (κ1) is 14.6. The van der Waals surface area contributed by atoms with Gasteiger partial charge in [0.05, 0.1) is 12.7 Å². The molecule has 2 aromatic rings. The van der Waals surface area contributed by atoms with Crippen LogP contribution in [0.1, 0.15) is 16.1 Å². The van der Waals surface area contributed by atoms with Crippen LogP contribution in [0, 0.1) is 6.92 Å². The van der Waals surface area contributed by atoms with E-state index in [1.54, 1.807) is 7.05 Å². The Morgan fingerprint density at radius 1 is 1.19 bits per heavy atom. The molecule has 0 aliphatic carbocycles. The number of nitrogens with one attached hydrogen (secondary N) is 1. The normalized spacial score (nSPS) is 10.0. The molecule has 0 saturated heterocycles. The number of likely N-dealkylation sites (N-methyl/N-ethyl adjacent to an activating group) is 1. The molecule has 0 spiro atoms. The summed E-state index contributed by atoms with van der Waals surface area (Å²) in [7, 11) is 1.55. The molecule has 0 atom stereocenters. The minimum Gasteiger partial charge on any atom is -0.331 e. The van der Waals surface area contributed by atoms with E-state index >= 15 is 0 Å². The van der Waals surface area contributed by atoms with Gasteiger partial charge >= 0.3 is 0 Å². The second-order valence-electron chi connectivity index (χ2n) is 4.67. The number of amides is 2. The summed E-state index contributed by atoms with van der Waals surface area (Å²) in [5.74, 6) is -0.610. The second kappa shape index (κ2) is 6.60. The molecule has 1 aromatic heterocycles. The van der Waals surface area contributed by atoms with Crippen LogP contribution in [0.15, 0.2) is 42.9 Å². The lowest BCUT2D eigenvalue weighted by molar-refractivity contribution is -0.116. The van der Waals surface area contributed by atoms with Crippen LogP contribution in [-0.4, -0.2) is 40.3 Å². The van der Waals surface area contributed by atoms with Gasteiger partial charge in [-0.05, 0) is 19.1 Å². The average molecular weight is 284 g/mol. The predicted octanol–water partition coefficient (Wildman–Crippen LogP) is 1.50. The summed E-state index contributed by atoms with van der Waals surface area (Å²) in [5.41, 5.74) is 2.03. The number of hydrogen-bond acceptors (Lipinski definition) is 4.